The van der Waals surface area contributed by atoms with Crippen LogP contribution >= 0.6 is 0 Å². The van der Waals surface area contributed by atoms with E-state index < -0.39 is 11.6 Å². The lowest BCUT2D eigenvalue weighted by atomic mass is 9.84. The van der Waals surface area contributed by atoms with Crippen molar-refractivity contribution in [3.05, 3.63) is 47.8 Å². The quantitative estimate of drug-likeness (QED) is 0.864. The van der Waals surface area contributed by atoms with Gasteiger partial charge in [-0.3, -0.25) is 4.79 Å². The van der Waals surface area contributed by atoms with Gasteiger partial charge in [-0.15, -0.1) is 0 Å². The third-order valence-electron chi connectivity index (χ3n) is 5.66. The second-order valence-electron chi connectivity index (χ2n) is 7.45. The molecule has 8 nitrogen and oxygen atoms in total. The van der Waals surface area contributed by atoms with Crippen molar-refractivity contribution < 1.29 is 14.3 Å². The first-order chi connectivity index (χ1) is 13.5. The van der Waals surface area contributed by atoms with E-state index in [1.165, 1.54) is 17.5 Å². The van der Waals surface area contributed by atoms with E-state index in [0.29, 0.717) is 32.5 Å². The number of aromatic nitrogens is 2. The maximum absolute atomic E-state index is 12.4. The number of hydrogen-bond donors (Lipinski definition) is 1. The van der Waals surface area contributed by atoms with Gasteiger partial charge < -0.3 is 20.3 Å². The highest BCUT2D eigenvalue weighted by atomic mass is 16.5. The molecule has 1 spiro atoms. The molecule has 3 heterocycles. The Bertz CT molecular complexity index is 871. The van der Waals surface area contributed by atoms with Crippen LogP contribution in [0.2, 0.25) is 0 Å². The van der Waals surface area contributed by atoms with Gasteiger partial charge in [0.2, 0.25) is 5.91 Å². The lowest BCUT2D eigenvalue weighted by Gasteiger charge is -2.43. The molecule has 4 rings (SSSR count). The number of primary amides is 1. The van der Waals surface area contributed by atoms with Crippen LogP contribution in [-0.2, 0) is 21.6 Å². The number of amides is 3. The fraction of sp³-hybridized carbons (Fsp3) is 0.450. The second kappa shape index (κ2) is 7.27. The lowest BCUT2D eigenvalue weighted by Crippen LogP contribution is -2.51. The normalized spacial score (nSPS) is 18.0. The summed E-state index contributed by atoms with van der Waals surface area (Å²) in [6, 6.07) is 9.43. The van der Waals surface area contributed by atoms with Crippen molar-refractivity contribution in [2.24, 2.45) is 5.73 Å². The number of fused-ring (bicyclic) bond motifs is 2. The third kappa shape index (κ3) is 3.35. The van der Waals surface area contributed by atoms with Crippen LogP contribution in [-0.4, -0.2) is 64.8 Å². The van der Waals surface area contributed by atoms with Crippen LogP contribution < -0.4 is 5.73 Å². The number of ether oxygens (including phenoxy) is 1. The van der Waals surface area contributed by atoms with Crippen molar-refractivity contribution in [2.75, 3.05) is 33.3 Å². The Morgan fingerprint density at radius 2 is 1.96 bits per heavy atom. The molecule has 2 aromatic rings. The molecule has 1 fully saturated rings. The highest BCUT2D eigenvalue weighted by Crippen LogP contribution is 2.41. The molecule has 8 heteroatoms. The van der Waals surface area contributed by atoms with Gasteiger partial charge in [0, 0.05) is 26.3 Å². The molecule has 0 unspecified atom stereocenters. The number of likely N-dealkylation sites (tertiary alicyclic amines) is 1. The Morgan fingerprint density at radius 3 is 2.64 bits per heavy atom. The first-order valence-corrected chi connectivity index (χ1v) is 9.55. The molecular formula is C20H25N5O3. The van der Waals surface area contributed by atoms with Crippen LogP contribution in [0, 0.1) is 0 Å². The number of benzene rings is 1. The van der Waals surface area contributed by atoms with E-state index in [1.54, 1.807) is 4.90 Å². The SMILES string of the molecule is CN(CC(=O)N1CCC2(CC1)OCCc1cn(-c3ccccc3)nc12)C(N)=O. The Kier molecular flexibility index (Phi) is 4.80. The smallest absolute Gasteiger partial charge is 0.314 e. The van der Waals surface area contributed by atoms with E-state index in [2.05, 4.69) is 6.20 Å². The molecule has 1 saturated heterocycles. The summed E-state index contributed by atoms with van der Waals surface area (Å²) in [4.78, 5) is 26.6. The van der Waals surface area contributed by atoms with Crippen molar-refractivity contribution in [3.8, 4) is 5.69 Å². The van der Waals surface area contributed by atoms with Crippen LogP contribution in [0.15, 0.2) is 36.5 Å². The summed E-state index contributed by atoms with van der Waals surface area (Å²) in [7, 11) is 1.53. The number of nitrogens with two attached hydrogens (primary N) is 1. The molecule has 0 atom stereocenters. The van der Waals surface area contributed by atoms with Gasteiger partial charge in [-0.1, -0.05) is 18.2 Å². The first kappa shape index (κ1) is 18.5. The van der Waals surface area contributed by atoms with Gasteiger partial charge in [0.25, 0.3) is 0 Å². The number of nitrogens with zero attached hydrogens (tertiary/aromatic N) is 4. The molecule has 2 aliphatic rings. The van der Waals surface area contributed by atoms with E-state index in [1.807, 2.05) is 35.0 Å². The van der Waals surface area contributed by atoms with Crippen molar-refractivity contribution >= 4 is 11.9 Å². The monoisotopic (exact) mass is 383 g/mol. The molecule has 0 radical (unpaired) electrons. The van der Waals surface area contributed by atoms with Gasteiger partial charge in [-0.2, -0.15) is 5.10 Å². The molecule has 3 amide bonds. The zero-order valence-corrected chi connectivity index (χ0v) is 16.0. The van der Waals surface area contributed by atoms with Crippen molar-refractivity contribution in [1.82, 2.24) is 19.6 Å². The number of piperidine rings is 1. The predicted octanol–water partition coefficient (Wildman–Crippen LogP) is 1.27. The fourth-order valence-corrected chi connectivity index (χ4v) is 3.99. The summed E-state index contributed by atoms with van der Waals surface area (Å²) >= 11 is 0. The van der Waals surface area contributed by atoms with Crippen LogP contribution in [0.3, 0.4) is 0 Å². The number of carbonyl (C=O) groups excluding carboxylic acids is 2. The zero-order chi connectivity index (χ0) is 19.7. The molecule has 2 aliphatic heterocycles. The minimum atomic E-state index is -0.603. The minimum Gasteiger partial charge on any atom is -0.368 e. The van der Waals surface area contributed by atoms with Crippen molar-refractivity contribution in [2.45, 2.75) is 24.9 Å². The van der Waals surface area contributed by atoms with E-state index in [0.717, 1.165) is 17.8 Å². The number of urea groups is 1. The van der Waals surface area contributed by atoms with Gasteiger partial charge in [-0.25, -0.2) is 9.48 Å². The fourth-order valence-electron chi connectivity index (χ4n) is 3.99. The summed E-state index contributed by atoms with van der Waals surface area (Å²) < 4.78 is 8.15. The highest BCUT2D eigenvalue weighted by molar-refractivity contribution is 5.83. The second-order valence-corrected chi connectivity index (χ2v) is 7.45. The summed E-state index contributed by atoms with van der Waals surface area (Å²) in [6.45, 7) is 1.80. The molecule has 0 aliphatic carbocycles. The molecule has 28 heavy (non-hydrogen) atoms. The summed E-state index contributed by atoms with van der Waals surface area (Å²) in [5, 5.41) is 4.86. The van der Waals surface area contributed by atoms with Crippen LogP contribution in [0.5, 0.6) is 0 Å². The van der Waals surface area contributed by atoms with Gasteiger partial charge in [0.1, 0.15) is 12.1 Å². The molecular weight excluding hydrogens is 358 g/mol. The molecule has 0 bridgehead atoms. The summed E-state index contributed by atoms with van der Waals surface area (Å²) in [5.41, 5.74) is 7.99. The number of rotatable bonds is 3. The number of carbonyl (C=O) groups is 2. The Labute approximate surface area is 163 Å². The Balaban J connectivity index is 1.50. The molecule has 0 saturated carbocycles. The maximum Gasteiger partial charge on any atom is 0.314 e. The summed E-state index contributed by atoms with van der Waals surface area (Å²) in [6.07, 6.45) is 4.32. The number of hydrogen-bond acceptors (Lipinski definition) is 4. The number of para-hydroxylation sites is 1. The largest absolute Gasteiger partial charge is 0.368 e. The zero-order valence-electron chi connectivity index (χ0n) is 16.0. The predicted molar refractivity (Wildman–Crippen MR) is 103 cm³/mol. The van der Waals surface area contributed by atoms with Gasteiger partial charge in [0.05, 0.1) is 18.0 Å². The van der Waals surface area contributed by atoms with Crippen molar-refractivity contribution in [1.29, 1.82) is 0 Å². The molecule has 1 aromatic heterocycles. The van der Waals surface area contributed by atoms with Gasteiger partial charge >= 0.3 is 6.03 Å². The van der Waals surface area contributed by atoms with E-state index in [-0.39, 0.29) is 12.5 Å². The Morgan fingerprint density at radius 1 is 1.25 bits per heavy atom. The molecule has 2 N–H and O–H groups in total. The van der Waals surface area contributed by atoms with Crippen LogP contribution in [0.4, 0.5) is 4.79 Å². The molecule has 148 valence electrons. The first-order valence-electron chi connectivity index (χ1n) is 9.55. The highest BCUT2D eigenvalue weighted by Gasteiger charge is 2.44. The minimum absolute atomic E-state index is 0.00290. The average molecular weight is 383 g/mol. The van der Waals surface area contributed by atoms with E-state index in [4.69, 9.17) is 15.6 Å². The van der Waals surface area contributed by atoms with E-state index >= 15 is 0 Å². The number of likely N-dealkylation sites (N-methyl/N-ethyl adjacent to an activating group) is 1. The topological polar surface area (TPSA) is 93.7 Å². The average Bonchev–Trinajstić information content (AvgIpc) is 3.15. The van der Waals surface area contributed by atoms with Gasteiger partial charge in [-0.05, 0) is 37.0 Å². The Hall–Kier alpha value is -2.87. The molecule has 1 aromatic carbocycles. The summed E-state index contributed by atoms with van der Waals surface area (Å²) in [5.74, 6) is -0.0954. The maximum atomic E-state index is 12.4. The van der Waals surface area contributed by atoms with Crippen LogP contribution in [0.1, 0.15) is 24.1 Å². The van der Waals surface area contributed by atoms with E-state index in [9.17, 15) is 9.59 Å². The lowest BCUT2D eigenvalue weighted by molar-refractivity contribution is -0.141. The standard InChI is InChI=1S/C20H25N5O3/c1-23(19(21)27)14-17(26)24-10-8-20(9-11-24)18-15(7-12-28-20)13-25(22-18)16-5-3-2-4-6-16/h2-6,13H,7-12,14H2,1H3,(H2,21,27). The van der Waals surface area contributed by atoms with Crippen molar-refractivity contribution in [3.63, 3.8) is 0 Å². The third-order valence-corrected chi connectivity index (χ3v) is 5.66. The van der Waals surface area contributed by atoms with Crippen LogP contribution in [0.25, 0.3) is 5.69 Å². The van der Waals surface area contributed by atoms with Gasteiger partial charge in [0.15, 0.2) is 0 Å².